The minimum atomic E-state index is -3.84. The number of benzene rings is 1. The van der Waals surface area contributed by atoms with E-state index >= 15 is 0 Å². The summed E-state index contributed by atoms with van der Waals surface area (Å²) in [6.45, 7) is 4.42. The van der Waals surface area contributed by atoms with Crippen LogP contribution in [0.15, 0.2) is 18.2 Å². The number of hydrogen-bond acceptors (Lipinski definition) is 5. The van der Waals surface area contributed by atoms with E-state index in [9.17, 15) is 22.4 Å². The second-order valence-electron chi connectivity index (χ2n) is 6.93. The first kappa shape index (κ1) is 23.4. The lowest BCUT2D eigenvalue weighted by molar-refractivity contribution is -0.151. The van der Waals surface area contributed by atoms with Crippen LogP contribution in [0.3, 0.4) is 0 Å². The van der Waals surface area contributed by atoms with Crippen LogP contribution in [0.4, 0.5) is 10.1 Å². The third-order valence-corrected chi connectivity index (χ3v) is 6.37. The summed E-state index contributed by atoms with van der Waals surface area (Å²) in [4.78, 5) is 26.6. The number of esters is 1. The van der Waals surface area contributed by atoms with Crippen molar-refractivity contribution in [3.8, 4) is 0 Å². The Hall–Kier alpha value is -1.87. The molecule has 0 radical (unpaired) electrons. The van der Waals surface area contributed by atoms with Gasteiger partial charge in [-0.2, -0.15) is 0 Å². The molecule has 1 aromatic carbocycles. The highest BCUT2D eigenvalue weighted by Crippen LogP contribution is 2.29. The second-order valence-corrected chi connectivity index (χ2v) is 9.20. The van der Waals surface area contributed by atoms with Gasteiger partial charge in [-0.05, 0) is 44.4 Å². The second kappa shape index (κ2) is 9.75. The maximum absolute atomic E-state index is 13.5. The predicted octanol–water partition coefficient (Wildman–Crippen LogP) is 2.83. The minimum absolute atomic E-state index is 0.125. The summed E-state index contributed by atoms with van der Waals surface area (Å²) in [6.07, 6.45) is 2.14. The molecule has 162 valence electrons. The number of carbonyl (C=O) groups is 2. The van der Waals surface area contributed by atoms with E-state index < -0.39 is 21.9 Å². The molecule has 1 aliphatic rings. The maximum Gasteiger partial charge on any atom is 0.309 e. The summed E-state index contributed by atoms with van der Waals surface area (Å²) in [5.74, 6) is -1.57. The van der Waals surface area contributed by atoms with Crippen molar-refractivity contribution in [2.45, 2.75) is 39.2 Å². The molecule has 10 heteroatoms. The maximum atomic E-state index is 13.5. The van der Waals surface area contributed by atoms with Gasteiger partial charge in [0.05, 0.1) is 29.5 Å². The number of hydrogen-bond donors (Lipinski definition) is 0. The minimum Gasteiger partial charge on any atom is -0.466 e. The van der Waals surface area contributed by atoms with Crippen LogP contribution in [0.2, 0.25) is 5.02 Å². The Kier molecular flexibility index (Phi) is 7.87. The molecule has 1 atom stereocenters. The van der Waals surface area contributed by atoms with Crippen LogP contribution < -0.4 is 4.31 Å². The molecule has 1 aromatic rings. The van der Waals surface area contributed by atoms with Crippen molar-refractivity contribution in [3.05, 3.63) is 29.0 Å². The molecule has 1 amide bonds. The third-order valence-electron chi connectivity index (χ3n) is 4.90. The summed E-state index contributed by atoms with van der Waals surface area (Å²) < 4.78 is 44.5. The largest absolute Gasteiger partial charge is 0.466 e. The first-order valence-corrected chi connectivity index (χ1v) is 11.7. The van der Waals surface area contributed by atoms with Gasteiger partial charge in [-0.25, -0.2) is 12.8 Å². The van der Waals surface area contributed by atoms with Gasteiger partial charge in [-0.1, -0.05) is 18.5 Å². The van der Waals surface area contributed by atoms with Crippen molar-refractivity contribution in [1.29, 1.82) is 0 Å². The normalized spacial score (nSPS) is 16.4. The van der Waals surface area contributed by atoms with E-state index in [-0.39, 0.29) is 34.9 Å². The number of piperidine rings is 1. The van der Waals surface area contributed by atoms with Gasteiger partial charge in [0.15, 0.2) is 0 Å². The molecular weight excluding hydrogens is 423 g/mol. The molecule has 0 bridgehead atoms. The molecule has 1 aliphatic heterocycles. The number of anilines is 1. The third kappa shape index (κ3) is 5.60. The summed E-state index contributed by atoms with van der Waals surface area (Å²) >= 11 is 5.82. The molecule has 1 heterocycles. The fourth-order valence-corrected chi connectivity index (χ4v) is 4.84. The van der Waals surface area contributed by atoms with Crippen molar-refractivity contribution in [2.24, 2.45) is 5.92 Å². The van der Waals surface area contributed by atoms with Gasteiger partial charge in [0.1, 0.15) is 11.9 Å². The predicted molar refractivity (Wildman–Crippen MR) is 109 cm³/mol. The number of nitrogens with zero attached hydrogens (tertiary/aromatic N) is 2. The van der Waals surface area contributed by atoms with Crippen molar-refractivity contribution < 1.29 is 27.1 Å². The van der Waals surface area contributed by atoms with Crippen molar-refractivity contribution in [2.75, 3.05) is 30.3 Å². The Morgan fingerprint density at radius 3 is 2.41 bits per heavy atom. The Labute approximate surface area is 175 Å². The van der Waals surface area contributed by atoms with Gasteiger partial charge in [0.25, 0.3) is 0 Å². The highest BCUT2D eigenvalue weighted by molar-refractivity contribution is 7.92. The number of ether oxygens (including phenoxy) is 1. The summed E-state index contributed by atoms with van der Waals surface area (Å²) in [7, 11) is -3.84. The molecule has 1 saturated heterocycles. The fraction of sp³-hybridized carbons (Fsp3) is 0.579. The SMILES string of the molecule is CCOC(=O)C1CCN(C(=O)[C@H](CC)N(c2ccc(F)c(Cl)c2)S(C)(=O)=O)CC1. The van der Waals surface area contributed by atoms with Crippen LogP contribution >= 0.6 is 11.6 Å². The zero-order valence-corrected chi connectivity index (χ0v) is 18.3. The summed E-state index contributed by atoms with van der Waals surface area (Å²) in [5, 5.41) is -0.228. The van der Waals surface area contributed by atoms with Crippen LogP contribution in [-0.4, -0.2) is 57.2 Å². The molecule has 29 heavy (non-hydrogen) atoms. The van der Waals surface area contributed by atoms with Crippen LogP contribution in [-0.2, 0) is 24.3 Å². The zero-order chi connectivity index (χ0) is 21.8. The average molecular weight is 449 g/mol. The molecule has 7 nitrogen and oxygen atoms in total. The van der Waals surface area contributed by atoms with E-state index in [0.29, 0.717) is 32.5 Å². The first-order valence-electron chi connectivity index (χ1n) is 9.50. The lowest BCUT2D eigenvalue weighted by atomic mass is 9.96. The standard InChI is InChI=1S/C19H26ClFN2O5S/c1-4-17(18(24)22-10-8-13(9-11-22)19(25)28-5-2)23(29(3,26)27)14-6-7-16(21)15(20)12-14/h6-7,12-13,17H,4-5,8-11H2,1-3H3/t17-/m0/s1. The van der Waals surface area contributed by atoms with Gasteiger partial charge >= 0.3 is 5.97 Å². The van der Waals surface area contributed by atoms with E-state index in [2.05, 4.69) is 0 Å². The molecule has 0 unspecified atom stereocenters. The van der Waals surface area contributed by atoms with E-state index in [1.54, 1.807) is 18.7 Å². The molecule has 1 fully saturated rings. The van der Waals surface area contributed by atoms with E-state index in [0.717, 1.165) is 16.6 Å². The Morgan fingerprint density at radius 1 is 1.31 bits per heavy atom. The summed E-state index contributed by atoms with van der Waals surface area (Å²) in [6, 6.07) is 2.55. The van der Waals surface area contributed by atoms with Crippen LogP contribution in [0.5, 0.6) is 0 Å². The Balaban J connectivity index is 2.23. The van der Waals surface area contributed by atoms with Gasteiger partial charge in [0.2, 0.25) is 15.9 Å². The molecule has 0 aromatic heterocycles. The van der Waals surface area contributed by atoms with Gasteiger partial charge in [-0.15, -0.1) is 0 Å². The number of likely N-dealkylation sites (tertiary alicyclic amines) is 1. The van der Waals surface area contributed by atoms with Gasteiger partial charge in [0, 0.05) is 13.1 Å². The van der Waals surface area contributed by atoms with E-state index in [4.69, 9.17) is 16.3 Å². The smallest absolute Gasteiger partial charge is 0.309 e. The van der Waals surface area contributed by atoms with Crippen molar-refractivity contribution in [1.82, 2.24) is 4.90 Å². The Morgan fingerprint density at radius 2 is 1.93 bits per heavy atom. The van der Waals surface area contributed by atoms with E-state index in [1.165, 1.54) is 12.1 Å². The number of amides is 1. The molecule has 0 spiro atoms. The number of halogens is 2. The summed E-state index contributed by atoms with van der Waals surface area (Å²) in [5.41, 5.74) is 0.125. The molecule has 0 N–H and O–H groups in total. The fourth-order valence-electron chi connectivity index (χ4n) is 3.47. The van der Waals surface area contributed by atoms with Gasteiger partial charge < -0.3 is 9.64 Å². The van der Waals surface area contributed by atoms with E-state index in [1.807, 2.05) is 0 Å². The van der Waals surface area contributed by atoms with Crippen LogP contribution in [0, 0.1) is 11.7 Å². The quantitative estimate of drug-likeness (QED) is 0.599. The molecular formula is C19H26ClFN2O5S. The monoisotopic (exact) mass is 448 g/mol. The zero-order valence-electron chi connectivity index (χ0n) is 16.7. The first-order chi connectivity index (χ1) is 13.6. The molecule has 0 aliphatic carbocycles. The topological polar surface area (TPSA) is 84.0 Å². The van der Waals surface area contributed by atoms with Crippen LogP contribution in [0.1, 0.15) is 33.1 Å². The highest BCUT2D eigenvalue weighted by Gasteiger charge is 2.36. The van der Waals surface area contributed by atoms with Crippen LogP contribution in [0.25, 0.3) is 0 Å². The molecule has 2 rings (SSSR count). The van der Waals surface area contributed by atoms with Crippen molar-refractivity contribution in [3.63, 3.8) is 0 Å². The number of sulfonamides is 1. The highest BCUT2D eigenvalue weighted by atomic mass is 35.5. The average Bonchev–Trinajstić information content (AvgIpc) is 2.67. The molecule has 0 saturated carbocycles. The lowest BCUT2D eigenvalue weighted by Crippen LogP contribution is -2.52. The Bertz CT molecular complexity index is 856. The van der Waals surface area contributed by atoms with Crippen molar-refractivity contribution >= 4 is 39.2 Å². The van der Waals surface area contributed by atoms with Gasteiger partial charge in [-0.3, -0.25) is 13.9 Å². The number of carbonyl (C=O) groups excluding carboxylic acids is 2. The number of rotatable bonds is 7. The lowest BCUT2D eigenvalue weighted by Gasteiger charge is -2.37.